The summed E-state index contributed by atoms with van der Waals surface area (Å²) in [6.45, 7) is 6.40. The van der Waals surface area contributed by atoms with E-state index in [-0.39, 0.29) is 12.5 Å². The average Bonchev–Trinajstić information content (AvgIpc) is 2.99. The van der Waals surface area contributed by atoms with Gasteiger partial charge in [0.05, 0.1) is 10.3 Å². The van der Waals surface area contributed by atoms with Crippen LogP contribution in [0.5, 0.6) is 0 Å². The predicted octanol–water partition coefficient (Wildman–Crippen LogP) is 3.72. The molecule has 1 saturated heterocycles. The van der Waals surface area contributed by atoms with Gasteiger partial charge in [-0.05, 0) is 65.5 Å². The SMILES string of the molecule is CCc1cccc(C)c1NC(=O)CN1CCCN(S(=O)(=O)c2ccc(Br)s2)CC1. The Morgan fingerprint density at radius 3 is 2.66 bits per heavy atom. The molecule has 9 heteroatoms. The highest BCUT2D eigenvalue weighted by atomic mass is 79.9. The number of benzene rings is 1. The van der Waals surface area contributed by atoms with E-state index in [1.54, 1.807) is 12.1 Å². The molecule has 0 spiro atoms. The predicted molar refractivity (Wildman–Crippen MR) is 121 cm³/mol. The van der Waals surface area contributed by atoms with Crippen molar-refractivity contribution in [2.24, 2.45) is 0 Å². The summed E-state index contributed by atoms with van der Waals surface area (Å²) in [4.78, 5) is 14.7. The van der Waals surface area contributed by atoms with Gasteiger partial charge in [0.1, 0.15) is 4.21 Å². The molecule has 158 valence electrons. The Bertz CT molecular complexity index is 975. The topological polar surface area (TPSA) is 69.7 Å². The molecule has 0 saturated carbocycles. The zero-order valence-electron chi connectivity index (χ0n) is 16.7. The number of aryl methyl sites for hydroxylation is 2. The van der Waals surface area contributed by atoms with Crippen LogP contribution < -0.4 is 5.32 Å². The van der Waals surface area contributed by atoms with Crippen LogP contribution in [-0.4, -0.2) is 56.3 Å². The molecule has 2 heterocycles. The number of halogens is 1. The van der Waals surface area contributed by atoms with Crippen molar-refractivity contribution in [3.05, 3.63) is 45.2 Å². The van der Waals surface area contributed by atoms with E-state index in [9.17, 15) is 13.2 Å². The standard InChI is InChI=1S/C20H26BrN3O3S2/c1-3-16-7-4-6-15(2)20(16)22-18(25)14-23-10-5-11-24(13-12-23)29(26,27)19-9-8-17(21)28-19/h4,6-9H,3,5,10-14H2,1-2H3,(H,22,25). The van der Waals surface area contributed by atoms with Crippen LogP contribution in [0.1, 0.15) is 24.5 Å². The van der Waals surface area contributed by atoms with Crippen LogP contribution in [0.4, 0.5) is 5.69 Å². The molecule has 1 aromatic carbocycles. The minimum absolute atomic E-state index is 0.0625. The number of nitrogens with zero attached hydrogens (tertiary/aromatic N) is 2. The van der Waals surface area contributed by atoms with Gasteiger partial charge in [-0.25, -0.2) is 8.42 Å². The number of carbonyl (C=O) groups is 1. The number of thiophene rings is 1. The number of hydrogen-bond acceptors (Lipinski definition) is 5. The summed E-state index contributed by atoms with van der Waals surface area (Å²) in [5.74, 6) is -0.0625. The second-order valence-electron chi connectivity index (χ2n) is 7.10. The number of amides is 1. The molecule has 0 aliphatic carbocycles. The lowest BCUT2D eigenvalue weighted by Gasteiger charge is -2.21. The van der Waals surface area contributed by atoms with Gasteiger partial charge < -0.3 is 5.32 Å². The smallest absolute Gasteiger partial charge is 0.252 e. The number of nitrogens with one attached hydrogen (secondary N) is 1. The lowest BCUT2D eigenvalue weighted by molar-refractivity contribution is -0.117. The largest absolute Gasteiger partial charge is 0.324 e. The first-order chi connectivity index (χ1) is 13.8. The van der Waals surface area contributed by atoms with E-state index >= 15 is 0 Å². The molecule has 1 aliphatic heterocycles. The second-order valence-corrected chi connectivity index (χ2v) is 11.7. The molecule has 29 heavy (non-hydrogen) atoms. The first-order valence-electron chi connectivity index (χ1n) is 9.67. The quantitative estimate of drug-likeness (QED) is 0.657. The van der Waals surface area contributed by atoms with Crippen molar-refractivity contribution < 1.29 is 13.2 Å². The van der Waals surface area contributed by atoms with E-state index in [4.69, 9.17) is 0 Å². The molecule has 2 aromatic rings. The molecule has 1 aromatic heterocycles. The van der Waals surface area contributed by atoms with Crippen LogP contribution >= 0.6 is 27.3 Å². The fourth-order valence-electron chi connectivity index (χ4n) is 3.49. The summed E-state index contributed by atoms with van der Waals surface area (Å²) in [5.41, 5.74) is 3.06. The summed E-state index contributed by atoms with van der Waals surface area (Å²) < 4.78 is 28.4. The monoisotopic (exact) mass is 499 g/mol. The van der Waals surface area contributed by atoms with Gasteiger partial charge in [0.2, 0.25) is 5.91 Å². The van der Waals surface area contributed by atoms with Crippen molar-refractivity contribution in [1.29, 1.82) is 0 Å². The van der Waals surface area contributed by atoms with Gasteiger partial charge in [0, 0.05) is 25.3 Å². The molecule has 1 aliphatic rings. The highest BCUT2D eigenvalue weighted by Crippen LogP contribution is 2.29. The Morgan fingerprint density at radius 2 is 1.97 bits per heavy atom. The Hall–Kier alpha value is -1.26. The molecule has 1 fully saturated rings. The van der Waals surface area contributed by atoms with Gasteiger partial charge in [0.25, 0.3) is 10.0 Å². The van der Waals surface area contributed by atoms with Gasteiger partial charge in [-0.1, -0.05) is 25.1 Å². The third kappa shape index (κ3) is 5.46. The summed E-state index contributed by atoms with van der Waals surface area (Å²) >= 11 is 4.55. The normalized spacial score (nSPS) is 16.5. The summed E-state index contributed by atoms with van der Waals surface area (Å²) in [6.07, 6.45) is 1.55. The van der Waals surface area contributed by atoms with Gasteiger partial charge >= 0.3 is 0 Å². The van der Waals surface area contributed by atoms with Crippen molar-refractivity contribution in [3.63, 3.8) is 0 Å². The van der Waals surface area contributed by atoms with E-state index in [0.29, 0.717) is 36.8 Å². The van der Waals surface area contributed by atoms with E-state index in [0.717, 1.165) is 27.0 Å². The number of sulfonamides is 1. The number of hydrogen-bond donors (Lipinski definition) is 1. The van der Waals surface area contributed by atoms with Crippen LogP contribution in [0.25, 0.3) is 0 Å². The maximum atomic E-state index is 12.8. The number of anilines is 1. The molecule has 3 rings (SSSR count). The molecule has 6 nitrogen and oxygen atoms in total. The molecule has 1 N–H and O–H groups in total. The second kappa shape index (κ2) is 9.70. The van der Waals surface area contributed by atoms with E-state index < -0.39 is 10.0 Å². The zero-order valence-corrected chi connectivity index (χ0v) is 19.9. The molecule has 0 atom stereocenters. The van der Waals surface area contributed by atoms with Crippen LogP contribution in [0, 0.1) is 6.92 Å². The number of rotatable bonds is 6. The minimum atomic E-state index is -3.48. The summed E-state index contributed by atoms with van der Waals surface area (Å²) in [5, 5.41) is 3.05. The summed E-state index contributed by atoms with van der Waals surface area (Å²) in [7, 11) is -3.48. The number of carbonyl (C=O) groups excluding carboxylic acids is 1. The fraction of sp³-hybridized carbons (Fsp3) is 0.450. The van der Waals surface area contributed by atoms with E-state index in [1.807, 2.05) is 30.0 Å². The number of para-hydroxylation sites is 1. The van der Waals surface area contributed by atoms with Gasteiger partial charge in [-0.2, -0.15) is 4.31 Å². The third-order valence-electron chi connectivity index (χ3n) is 5.06. The average molecular weight is 500 g/mol. The zero-order chi connectivity index (χ0) is 21.0. The maximum Gasteiger partial charge on any atom is 0.252 e. The molecular weight excluding hydrogens is 474 g/mol. The van der Waals surface area contributed by atoms with Crippen molar-refractivity contribution in [2.75, 3.05) is 38.0 Å². The molecular formula is C20H26BrN3O3S2. The van der Waals surface area contributed by atoms with Gasteiger partial charge in [-0.3, -0.25) is 9.69 Å². The lowest BCUT2D eigenvalue weighted by Crippen LogP contribution is -2.38. The van der Waals surface area contributed by atoms with E-state index in [2.05, 4.69) is 28.2 Å². The van der Waals surface area contributed by atoms with Gasteiger partial charge in [-0.15, -0.1) is 11.3 Å². The highest BCUT2D eigenvalue weighted by molar-refractivity contribution is 9.11. The van der Waals surface area contributed by atoms with Crippen LogP contribution in [0.2, 0.25) is 0 Å². The molecule has 0 unspecified atom stereocenters. The third-order valence-corrected chi connectivity index (χ3v) is 9.05. The molecule has 0 bridgehead atoms. The fourth-order valence-corrected chi connectivity index (χ4v) is 7.13. The van der Waals surface area contributed by atoms with Crippen molar-refractivity contribution in [3.8, 4) is 0 Å². The maximum absolute atomic E-state index is 12.8. The Balaban J connectivity index is 1.61. The van der Waals surface area contributed by atoms with Crippen LogP contribution in [0.15, 0.2) is 38.3 Å². The molecule has 1 amide bonds. The lowest BCUT2D eigenvalue weighted by atomic mass is 10.1. The Kier molecular flexibility index (Phi) is 7.50. The first kappa shape index (κ1) is 22.4. The summed E-state index contributed by atoms with van der Waals surface area (Å²) in [6, 6.07) is 9.40. The van der Waals surface area contributed by atoms with Crippen molar-refractivity contribution in [2.45, 2.75) is 30.9 Å². The Labute approximate surface area is 185 Å². The van der Waals surface area contributed by atoms with E-state index in [1.165, 1.54) is 15.6 Å². The minimum Gasteiger partial charge on any atom is -0.324 e. The highest BCUT2D eigenvalue weighted by Gasteiger charge is 2.28. The van der Waals surface area contributed by atoms with Gasteiger partial charge in [0.15, 0.2) is 0 Å². The Morgan fingerprint density at radius 1 is 1.17 bits per heavy atom. The first-order valence-corrected chi connectivity index (χ1v) is 12.7. The van der Waals surface area contributed by atoms with Crippen LogP contribution in [-0.2, 0) is 21.2 Å². The van der Waals surface area contributed by atoms with Crippen LogP contribution in [0.3, 0.4) is 0 Å². The molecule has 0 radical (unpaired) electrons. The van der Waals surface area contributed by atoms with Crippen molar-refractivity contribution >= 4 is 48.9 Å². The van der Waals surface area contributed by atoms with Crippen molar-refractivity contribution in [1.82, 2.24) is 9.21 Å².